The van der Waals surface area contributed by atoms with Gasteiger partial charge in [0, 0.05) is 16.3 Å². The highest BCUT2D eigenvalue weighted by Gasteiger charge is 2.24. The van der Waals surface area contributed by atoms with Crippen molar-refractivity contribution in [3.05, 3.63) is 92.1 Å². The minimum absolute atomic E-state index is 0.0860. The Kier molecular flexibility index (Phi) is 6.45. The van der Waals surface area contributed by atoms with Crippen molar-refractivity contribution in [2.45, 2.75) is 26.9 Å². The normalized spacial score (nSPS) is 11.9. The Balaban J connectivity index is 1.79. The number of carbonyl (C=O) groups excluding carboxylic acids is 1. The first-order valence-corrected chi connectivity index (χ1v) is 11.1. The summed E-state index contributed by atoms with van der Waals surface area (Å²) >= 11 is 12.4. The molecular formula is C26H21Cl2NO4. The van der Waals surface area contributed by atoms with Gasteiger partial charge in [-0.1, -0.05) is 71.2 Å². The fourth-order valence-electron chi connectivity index (χ4n) is 3.39. The van der Waals surface area contributed by atoms with Gasteiger partial charge in [-0.25, -0.2) is 0 Å². The van der Waals surface area contributed by atoms with Gasteiger partial charge in [0.2, 0.25) is 11.2 Å². The van der Waals surface area contributed by atoms with E-state index in [0.29, 0.717) is 16.3 Å². The lowest BCUT2D eigenvalue weighted by atomic mass is 10.1. The van der Waals surface area contributed by atoms with Crippen molar-refractivity contribution < 1.29 is 13.9 Å². The van der Waals surface area contributed by atoms with Gasteiger partial charge in [0.25, 0.3) is 5.91 Å². The van der Waals surface area contributed by atoms with Crippen LogP contribution in [-0.4, -0.2) is 12.0 Å². The van der Waals surface area contributed by atoms with Crippen LogP contribution in [-0.2, 0) is 4.79 Å². The van der Waals surface area contributed by atoms with Gasteiger partial charge < -0.3 is 14.5 Å². The molecule has 1 unspecified atom stereocenters. The highest BCUT2D eigenvalue weighted by atomic mass is 35.5. The van der Waals surface area contributed by atoms with E-state index in [1.165, 1.54) is 12.1 Å². The molecule has 0 aliphatic heterocycles. The fraction of sp³-hybridized carbons (Fsp3) is 0.154. The van der Waals surface area contributed by atoms with Crippen molar-refractivity contribution in [1.82, 2.24) is 0 Å². The second-order valence-corrected chi connectivity index (χ2v) is 8.63. The molecule has 1 N–H and O–H groups in total. The van der Waals surface area contributed by atoms with Gasteiger partial charge >= 0.3 is 0 Å². The molecule has 0 bridgehead atoms. The highest BCUT2D eigenvalue weighted by molar-refractivity contribution is 6.38. The number of carbonyl (C=O) groups is 1. The van der Waals surface area contributed by atoms with Crippen LogP contribution in [0.2, 0.25) is 10.0 Å². The Hall–Kier alpha value is -3.28. The average Bonchev–Trinajstić information content (AvgIpc) is 2.78. The molecule has 0 fully saturated rings. The second-order valence-electron chi connectivity index (χ2n) is 7.78. The predicted molar refractivity (Wildman–Crippen MR) is 133 cm³/mol. The zero-order chi connectivity index (χ0) is 23.7. The first-order valence-electron chi connectivity index (χ1n) is 10.3. The average molecular weight is 482 g/mol. The Labute approximate surface area is 200 Å². The summed E-state index contributed by atoms with van der Waals surface area (Å²) < 4.78 is 12.0. The van der Waals surface area contributed by atoms with Crippen LogP contribution in [0.5, 0.6) is 5.75 Å². The number of hydrogen-bond acceptors (Lipinski definition) is 4. The van der Waals surface area contributed by atoms with Crippen LogP contribution in [0.1, 0.15) is 18.1 Å². The summed E-state index contributed by atoms with van der Waals surface area (Å²) in [6.07, 6.45) is -0.983. The number of aryl methyl sites for hydroxylation is 2. The Morgan fingerprint density at radius 3 is 2.42 bits per heavy atom. The molecule has 0 radical (unpaired) electrons. The van der Waals surface area contributed by atoms with Gasteiger partial charge in [-0.05, 0) is 44.5 Å². The lowest BCUT2D eigenvalue weighted by molar-refractivity contribution is -0.122. The summed E-state index contributed by atoms with van der Waals surface area (Å²) in [7, 11) is 0. The largest absolute Gasteiger partial charge is 0.473 e. The number of hydrogen-bond donors (Lipinski definition) is 1. The third-order valence-corrected chi connectivity index (χ3v) is 5.75. The quantitative estimate of drug-likeness (QED) is 0.340. The summed E-state index contributed by atoms with van der Waals surface area (Å²) in [5.74, 6) is -0.299. The molecule has 3 aromatic carbocycles. The fourth-order valence-corrected chi connectivity index (χ4v) is 3.92. The molecule has 1 amide bonds. The van der Waals surface area contributed by atoms with E-state index < -0.39 is 17.4 Å². The van der Waals surface area contributed by atoms with Crippen molar-refractivity contribution in [3.63, 3.8) is 0 Å². The third kappa shape index (κ3) is 4.75. The molecule has 7 heteroatoms. The molecule has 0 aliphatic rings. The minimum atomic E-state index is -0.983. The molecule has 5 nitrogen and oxygen atoms in total. The van der Waals surface area contributed by atoms with E-state index in [0.717, 1.165) is 11.1 Å². The smallest absolute Gasteiger partial charge is 0.265 e. The third-order valence-electron chi connectivity index (χ3n) is 5.25. The van der Waals surface area contributed by atoms with Crippen LogP contribution in [0.25, 0.3) is 22.3 Å². The number of rotatable bonds is 5. The molecule has 0 saturated heterocycles. The van der Waals surface area contributed by atoms with Crippen molar-refractivity contribution >= 4 is 45.8 Å². The van der Waals surface area contributed by atoms with Gasteiger partial charge in [0.05, 0.1) is 10.4 Å². The summed E-state index contributed by atoms with van der Waals surface area (Å²) in [5.41, 5.74) is 2.97. The number of para-hydroxylation sites is 1. The Bertz CT molecular complexity index is 1410. The SMILES string of the molecule is Cc1ccc(-c2oc3c(Cl)cc(Cl)cc3c(=O)c2OC(C)C(=O)Nc2ccccc2C)cc1. The van der Waals surface area contributed by atoms with E-state index in [-0.39, 0.29) is 27.5 Å². The summed E-state index contributed by atoms with van der Waals surface area (Å²) in [5, 5.41) is 3.50. The molecule has 4 rings (SSSR count). The molecule has 33 heavy (non-hydrogen) atoms. The second kappa shape index (κ2) is 9.30. The Morgan fingerprint density at radius 2 is 1.73 bits per heavy atom. The molecule has 0 saturated carbocycles. The van der Waals surface area contributed by atoms with Crippen LogP contribution in [0, 0.1) is 13.8 Å². The van der Waals surface area contributed by atoms with Gasteiger partial charge in [-0.3, -0.25) is 9.59 Å². The number of halogens is 2. The highest BCUT2D eigenvalue weighted by Crippen LogP contribution is 2.35. The maximum atomic E-state index is 13.4. The first-order chi connectivity index (χ1) is 15.7. The molecule has 1 atom stereocenters. The summed E-state index contributed by atoms with van der Waals surface area (Å²) in [4.78, 5) is 26.3. The monoisotopic (exact) mass is 481 g/mol. The zero-order valence-electron chi connectivity index (χ0n) is 18.2. The summed E-state index contributed by atoms with van der Waals surface area (Å²) in [6.45, 7) is 5.41. The van der Waals surface area contributed by atoms with E-state index in [2.05, 4.69) is 5.32 Å². The maximum absolute atomic E-state index is 13.4. The van der Waals surface area contributed by atoms with Crippen molar-refractivity contribution in [2.24, 2.45) is 0 Å². The molecule has 4 aromatic rings. The standard InChI is InChI=1S/C26H21Cl2NO4/c1-14-8-10-17(11-9-14)23-25(22(30)19-12-18(27)13-20(28)24(19)33-23)32-16(3)26(31)29-21-7-5-4-6-15(21)2/h4-13,16H,1-3H3,(H,29,31). The van der Waals surface area contributed by atoms with Crippen LogP contribution in [0.3, 0.4) is 0 Å². The van der Waals surface area contributed by atoms with E-state index in [4.69, 9.17) is 32.4 Å². The van der Waals surface area contributed by atoms with Crippen molar-refractivity contribution in [2.75, 3.05) is 5.32 Å². The van der Waals surface area contributed by atoms with Gasteiger partial charge in [-0.2, -0.15) is 0 Å². The minimum Gasteiger partial charge on any atom is -0.473 e. The molecule has 1 aromatic heterocycles. The van der Waals surface area contributed by atoms with E-state index in [9.17, 15) is 9.59 Å². The van der Waals surface area contributed by atoms with Crippen molar-refractivity contribution in [3.8, 4) is 17.1 Å². The first kappa shape index (κ1) is 22.9. The van der Waals surface area contributed by atoms with E-state index in [1.54, 1.807) is 13.0 Å². The zero-order valence-corrected chi connectivity index (χ0v) is 19.8. The number of benzene rings is 3. The Morgan fingerprint density at radius 1 is 1.03 bits per heavy atom. The van der Waals surface area contributed by atoms with Gasteiger partial charge in [0.15, 0.2) is 17.4 Å². The molecule has 0 aliphatic carbocycles. The molecular weight excluding hydrogens is 461 g/mol. The lowest BCUT2D eigenvalue weighted by Gasteiger charge is -2.18. The van der Waals surface area contributed by atoms with Gasteiger partial charge in [-0.15, -0.1) is 0 Å². The van der Waals surface area contributed by atoms with Crippen molar-refractivity contribution in [1.29, 1.82) is 0 Å². The van der Waals surface area contributed by atoms with Crippen LogP contribution in [0.4, 0.5) is 5.69 Å². The lowest BCUT2D eigenvalue weighted by Crippen LogP contribution is -2.32. The molecule has 168 valence electrons. The predicted octanol–water partition coefficient (Wildman–Crippen LogP) is 6.79. The summed E-state index contributed by atoms with van der Waals surface area (Å²) in [6, 6.07) is 17.8. The number of anilines is 1. The number of ether oxygens (including phenoxy) is 1. The number of nitrogens with one attached hydrogen (secondary N) is 1. The molecule has 1 heterocycles. The maximum Gasteiger partial charge on any atom is 0.265 e. The van der Waals surface area contributed by atoms with Crippen LogP contribution in [0.15, 0.2) is 69.9 Å². The van der Waals surface area contributed by atoms with Crippen LogP contribution >= 0.6 is 23.2 Å². The van der Waals surface area contributed by atoms with E-state index in [1.807, 2.05) is 56.3 Å². The number of amides is 1. The van der Waals surface area contributed by atoms with Crippen LogP contribution < -0.4 is 15.5 Å². The van der Waals surface area contributed by atoms with E-state index >= 15 is 0 Å². The topological polar surface area (TPSA) is 68.5 Å². The molecule has 0 spiro atoms. The number of fused-ring (bicyclic) bond motifs is 1. The van der Waals surface area contributed by atoms with Gasteiger partial charge in [0.1, 0.15) is 0 Å².